The van der Waals surface area contributed by atoms with E-state index in [2.05, 4.69) is 21.2 Å². The van der Waals surface area contributed by atoms with Gasteiger partial charge in [0.05, 0.1) is 10.2 Å². The van der Waals surface area contributed by atoms with E-state index in [1.807, 2.05) is 0 Å². The summed E-state index contributed by atoms with van der Waals surface area (Å²) in [5.41, 5.74) is 0. The predicted octanol–water partition coefficient (Wildman–Crippen LogP) is 2.29. The molecule has 1 rings (SSSR count). The number of benzene rings is 1. The summed E-state index contributed by atoms with van der Waals surface area (Å²) in [6.07, 6.45) is -0.740. The number of hydrogen-bond acceptors (Lipinski definition) is 4. The number of rotatable bonds is 8. The molecule has 0 bridgehead atoms. The number of hydrogen-bond donors (Lipinski definition) is 2. The van der Waals surface area contributed by atoms with Crippen molar-refractivity contribution < 1.29 is 23.8 Å². The van der Waals surface area contributed by atoms with Crippen LogP contribution >= 0.6 is 27.7 Å². The van der Waals surface area contributed by atoms with Gasteiger partial charge in [0.1, 0.15) is 11.6 Å². The maximum Gasteiger partial charge on any atom is 0.313 e. The van der Waals surface area contributed by atoms with Crippen molar-refractivity contribution >= 4 is 39.6 Å². The lowest BCUT2D eigenvalue weighted by Gasteiger charge is -2.15. The van der Waals surface area contributed by atoms with Gasteiger partial charge in [0, 0.05) is 12.3 Å². The first kappa shape index (κ1) is 17.8. The van der Waals surface area contributed by atoms with E-state index < -0.39 is 17.9 Å². The molecule has 0 aliphatic heterocycles. The van der Waals surface area contributed by atoms with Gasteiger partial charge in [-0.2, -0.15) is 0 Å². The maximum atomic E-state index is 12.9. The van der Waals surface area contributed by atoms with E-state index in [0.29, 0.717) is 22.5 Å². The van der Waals surface area contributed by atoms with Crippen LogP contribution in [0, 0.1) is 5.82 Å². The monoisotopic (exact) mass is 379 g/mol. The van der Waals surface area contributed by atoms with E-state index in [-0.39, 0.29) is 11.7 Å². The lowest BCUT2D eigenvalue weighted by molar-refractivity contribution is -0.134. The Morgan fingerprint density at radius 3 is 2.86 bits per heavy atom. The Labute approximate surface area is 134 Å². The van der Waals surface area contributed by atoms with E-state index in [1.54, 1.807) is 6.92 Å². The molecule has 1 amide bonds. The van der Waals surface area contributed by atoms with E-state index in [4.69, 9.17) is 9.84 Å². The number of carbonyl (C=O) groups excluding carboxylic acids is 1. The van der Waals surface area contributed by atoms with Gasteiger partial charge in [-0.15, -0.1) is 11.8 Å². The predicted molar refractivity (Wildman–Crippen MR) is 82.2 cm³/mol. The highest BCUT2D eigenvalue weighted by atomic mass is 79.9. The quantitative estimate of drug-likeness (QED) is 0.677. The molecule has 1 unspecified atom stereocenters. The average Bonchev–Trinajstić information content (AvgIpc) is 2.40. The van der Waals surface area contributed by atoms with Gasteiger partial charge >= 0.3 is 5.97 Å². The van der Waals surface area contributed by atoms with Crippen molar-refractivity contribution in [3.05, 3.63) is 28.5 Å². The molecule has 0 radical (unpaired) electrons. The lowest BCUT2D eigenvalue weighted by Crippen LogP contribution is -2.37. The molecule has 2 N–H and O–H groups in total. The van der Waals surface area contributed by atoms with Gasteiger partial charge in [0.2, 0.25) is 0 Å². The second-order valence-corrected chi connectivity index (χ2v) is 6.03. The molecule has 21 heavy (non-hydrogen) atoms. The summed E-state index contributed by atoms with van der Waals surface area (Å²) >= 11 is 4.37. The molecule has 0 heterocycles. The van der Waals surface area contributed by atoms with Crippen LogP contribution in [0.4, 0.5) is 4.39 Å². The number of ether oxygens (including phenoxy) is 1. The Bertz CT molecular complexity index is 515. The molecule has 0 aliphatic rings. The average molecular weight is 380 g/mol. The third kappa shape index (κ3) is 6.81. The Kier molecular flexibility index (Phi) is 7.52. The van der Waals surface area contributed by atoms with Gasteiger partial charge in [-0.3, -0.25) is 9.59 Å². The first-order valence-electron chi connectivity index (χ1n) is 6.09. The summed E-state index contributed by atoms with van der Waals surface area (Å²) in [6, 6.07) is 3.93. The summed E-state index contributed by atoms with van der Waals surface area (Å²) in [4.78, 5) is 22.1. The summed E-state index contributed by atoms with van der Waals surface area (Å²) < 4.78 is 18.8. The van der Waals surface area contributed by atoms with E-state index in [1.165, 1.54) is 30.0 Å². The smallest absolute Gasteiger partial charge is 0.313 e. The molecule has 1 aromatic carbocycles. The molecule has 0 saturated carbocycles. The molecule has 116 valence electrons. The molecule has 0 spiro atoms. The highest BCUT2D eigenvalue weighted by molar-refractivity contribution is 9.10. The Morgan fingerprint density at radius 2 is 2.24 bits per heavy atom. The highest BCUT2D eigenvalue weighted by Gasteiger charge is 2.15. The number of aliphatic carboxylic acids is 1. The van der Waals surface area contributed by atoms with E-state index >= 15 is 0 Å². The summed E-state index contributed by atoms with van der Waals surface area (Å²) in [6.45, 7) is 1.94. The second-order valence-electron chi connectivity index (χ2n) is 4.07. The van der Waals surface area contributed by atoms with Crippen LogP contribution in [0.2, 0.25) is 0 Å². The molecule has 1 aromatic rings. The normalized spacial score (nSPS) is 11.8. The molecule has 5 nitrogen and oxygen atoms in total. The van der Waals surface area contributed by atoms with E-state index in [0.717, 1.165) is 0 Å². The molecule has 0 aromatic heterocycles. The summed E-state index contributed by atoms with van der Waals surface area (Å²) in [5, 5.41) is 11.1. The molecular weight excluding hydrogens is 365 g/mol. The third-order valence-corrected chi connectivity index (χ3v) is 3.90. The van der Waals surface area contributed by atoms with Crippen molar-refractivity contribution in [1.29, 1.82) is 0 Å². The van der Waals surface area contributed by atoms with Crippen LogP contribution in [-0.2, 0) is 9.59 Å². The van der Waals surface area contributed by atoms with Crippen molar-refractivity contribution in [2.45, 2.75) is 13.0 Å². The van der Waals surface area contributed by atoms with Crippen molar-refractivity contribution in [3.8, 4) is 5.75 Å². The number of nitrogens with one attached hydrogen (secondary N) is 1. The van der Waals surface area contributed by atoms with Crippen LogP contribution in [0.1, 0.15) is 6.92 Å². The molecule has 0 fully saturated rings. The van der Waals surface area contributed by atoms with Crippen LogP contribution in [-0.4, -0.2) is 41.1 Å². The first-order valence-corrected chi connectivity index (χ1v) is 8.04. The van der Waals surface area contributed by atoms with Gasteiger partial charge in [0.15, 0.2) is 6.10 Å². The molecular formula is C13H15BrFNO4S. The minimum absolute atomic E-state index is 0.00441. The van der Waals surface area contributed by atoms with Crippen LogP contribution < -0.4 is 10.1 Å². The number of amides is 1. The Morgan fingerprint density at radius 1 is 1.52 bits per heavy atom. The highest BCUT2D eigenvalue weighted by Crippen LogP contribution is 2.26. The van der Waals surface area contributed by atoms with Crippen molar-refractivity contribution in [2.24, 2.45) is 0 Å². The zero-order valence-corrected chi connectivity index (χ0v) is 13.7. The van der Waals surface area contributed by atoms with Crippen LogP contribution in [0.25, 0.3) is 0 Å². The second kappa shape index (κ2) is 8.89. The number of halogens is 2. The standard InChI is InChI=1S/C13H15BrFNO4S/c1-8(13(19)16-4-5-21-7-12(17)18)20-11-3-2-9(15)6-10(11)14/h2-3,6,8H,4-5,7H2,1H3,(H,16,19)(H,17,18). The molecule has 0 saturated heterocycles. The van der Waals surface area contributed by atoms with Crippen molar-refractivity contribution in [3.63, 3.8) is 0 Å². The molecule has 8 heteroatoms. The molecule has 1 atom stereocenters. The largest absolute Gasteiger partial charge is 0.481 e. The summed E-state index contributed by atoms with van der Waals surface area (Å²) in [5.74, 6) is -0.720. The fraction of sp³-hybridized carbons (Fsp3) is 0.385. The fourth-order valence-electron chi connectivity index (χ4n) is 1.36. The summed E-state index contributed by atoms with van der Waals surface area (Å²) in [7, 11) is 0. The zero-order valence-electron chi connectivity index (χ0n) is 11.3. The van der Waals surface area contributed by atoms with Crippen LogP contribution in [0.15, 0.2) is 22.7 Å². The van der Waals surface area contributed by atoms with Crippen molar-refractivity contribution in [1.82, 2.24) is 5.32 Å². The SMILES string of the molecule is CC(Oc1ccc(F)cc1Br)C(=O)NCCSCC(=O)O. The number of carbonyl (C=O) groups is 2. The fourth-order valence-corrected chi connectivity index (χ4v) is 2.37. The van der Waals surface area contributed by atoms with Gasteiger partial charge < -0.3 is 15.2 Å². The van der Waals surface area contributed by atoms with Gasteiger partial charge in [-0.25, -0.2) is 4.39 Å². The van der Waals surface area contributed by atoms with E-state index in [9.17, 15) is 14.0 Å². The third-order valence-electron chi connectivity index (χ3n) is 2.34. The minimum atomic E-state index is -0.885. The van der Waals surface area contributed by atoms with Crippen LogP contribution in [0.3, 0.4) is 0 Å². The first-order chi connectivity index (χ1) is 9.90. The van der Waals surface area contributed by atoms with Gasteiger partial charge in [-0.05, 0) is 41.1 Å². The van der Waals surface area contributed by atoms with Gasteiger partial charge in [-0.1, -0.05) is 0 Å². The Balaban J connectivity index is 2.35. The maximum absolute atomic E-state index is 12.9. The Hall–Kier alpha value is -1.28. The number of carboxylic acid groups (broad SMARTS) is 1. The van der Waals surface area contributed by atoms with Crippen molar-refractivity contribution in [2.75, 3.05) is 18.1 Å². The minimum Gasteiger partial charge on any atom is -0.481 e. The lowest BCUT2D eigenvalue weighted by atomic mass is 10.3. The van der Waals surface area contributed by atoms with Gasteiger partial charge in [0.25, 0.3) is 5.91 Å². The number of thioether (sulfide) groups is 1. The van der Waals surface area contributed by atoms with Crippen LogP contribution in [0.5, 0.6) is 5.75 Å². The molecule has 0 aliphatic carbocycles. The zero-order chi connectivity index (χ0) is 15.8. The topological polar surface area (TPSA) is 75.6 Å². The number of carboxylic acids is 1.